The molecule has 2 aliphatic heterocycles. The molecule has 0 aliphatic carbocycles. The van der Waals surface area contributed by atoms with Gasteiger partial charge in [-0.2, -0.15) is 0 Å². The molecule has 3 rings (SSSR count). The predicted molar refractivity (Wildman–Crippen MR) is 53.5 cm³/mol. The van der Waals surface area contributed by atoms with E-state index in [-0.39, 0.29) is 5.56 Å². The van der Waals surface area contributed by atoms with Crippen LogP contribution in [-0.4, -0.2) is 17.5 Å². The van der Waals surface area contributed by atoms with Crippen molar-refractivity contribution in [3.8, 4) is 0 Å². The molecule has 0 aromatic heterocycles. The maximum atomic E-state index is 13.5. The standard InChI is InChI=1S/C11H8F2N2O/c12-7-1-2-9(13)8(5-7)10-6-15-3-4-16-11(15)14-10/h1-5,10H,6H2. The molecule has 0 N–H and O–H groups in total. The lowest BCUT2D eigenvalue weighted by Crippen LogP contribution is -2.18. The molecule has 1 atom stereocenters. The van der Waals surface area contributed by atoms with Gasteiger partial charge in [-0.1, -0.05) is 0 Å². The minimum atomic E-state index is -0.458. The highest BCUT2D eigenvalue weighted by Gasteiger charge is 2.30. The maximum Gasteiger partial charge on any atom is 0.297 e. The maximum absolute atomic E-state index is 13.5. The van der Waals surface area contributed by atoms with Crippen molar-refractivity contribution < 1.29 is 13.5 Å². The summed E-state index contributed by atoms with van der Waals surface area (Å²) in [7, 11) is 0. The summed E-state index contributed by atoms with van der Waals surface area (Å²) < 4.78 is 31.6. The molecule has 1 aromatic rings. The van der Waals surface area contributed by atoms with E-state index < -0.39 is 17.7 Å². The lowest BCUT2D eigenvalue weighted by atomic mass is 10.1. The van der Waals surface area contributed by atoms with E-state index in [0.717, 1.165) is 12.1 Å². The average Bonchev–Trinajstić information content (AvgIpc) is 2.81. The second-order valence-electron chi connectivity index (χ2n) is 3.65. The first-order valence-electron chi connectivity index (χ1n) is 4.87. The van der Waals surface area contributed by atoms with Crippen molar-refractivity contribution >= 4 is 6.02 Å². The zero-order valence-electron chi connectivity index (χ0n) is 8.23. The Bertz CT molecular complexity index is 499. The van der Waals surface area contributed by atoms with Crippen LogP contribution in [0.25, 0.3) is 0 Å². The van der Waals surface area contributed by atoms with Gasteiger partial charge in [-0.25, -0.2) is 13.8 Å². The van der Waals surface area contributed by atoms with Gasteiger partial charge in [0.15, 0.2) is 0 Å². The van der Waals surface area contributed by atoms with Crippen LogP contribution in [0.1, 0.15) is 11.6 Å². The Kier molecular flexibility index (Phi) is 1.92. The van der Waals surface area contributed by atoms with Crippen molar-refractivity contribution in [1.82, 2.24) is 4.90 Å². The molecule has 1 unspecified atom stereocenters. The van der Waals surface area contributed by atoms with Gasteiger partial charge >= 0.3 is 0 Å². The normalized spacial score (nSPS) is 22.0. The smallest absolute Gasteiger partial charge is 0.297 e. The van der Waals surface area contributed by atoms with Crippen LogP contribution in [-0.2, 0) is 4.74 Å². The third-order valence-electron chi connectivity index (χ3n) is 2.61. The zero-order valence-corrected chi connectivity index (χ0v) is 8.23. The Morgan fingerprint density at radius 2 is 2.25 bits per heavy atom. The van der Waals surface area contributed by atoms with Crippen LogP contribution in [0.5, 0.6) is 0 Å². The summed E-state index contributed by atoms with van der Waals surface area (Å²) in [5.41, 5.74) is 0.263. The monoisotopic (exact) mass is 222 g/mol. The van der Waals surface area contributed by atoms with Crippen LogP contribution in [0.3, 0.4) is 0 Å². The molecule has 0 saturated carbocycles. The highest BCUT2D eigenvalue weighted by molar-refractivity contribution is 5.79. The minimum Gasteiger partial charge on any atom is -0.432 e. The number of halogens is 2. The fourth-order valence-electron chi connectivity index (χ4n) is 1.84. The van der Waals surface area contributed by atoms with E-state index >= 15 is 0 Å². The molecule has 2 aliphatic rings. The van der Waals surface area contributed by atoms with Crippen LogP contribution in [0.4, 0.5) is 8.78 Å². The molecular weight excluding hydrogens is 214 g/mol. The Labute approximate surface area is 90.7 Å². The van der Waals surface area contributed by atoms with Crippen LogP contribution in [0.15, 0.2) is 35.7 Å². The number of hydrogen-bond donors (Lipinski definition) is 0. The second-order valence-corrected chi connectivity index (χ2v) is 3.65. The molecule has 0 radical (unpaired) electrons. The molecule has 3 nitrogen and oxygen atoms in total. The van der Waals surface area contributed by atoms with E-state index in [1.54, 1.807) is 11.1 Å². The van der Waals surface area contributed by atoms with Crippen molar-refractivity contribution in [2.24, 2.45) is 4.99 Å². The molecule has 0 amide bonds. The SMILES string of the molecule is Fc1ccc(F)c(C2CN3C=COC3=N2)c1. The third kappa shape index (κ3) is 1.36. The van der Waals surface area contributed by atoms with Crippen LogP contribution < -0.4 is 0 Å². The molecule has 0 fully saturated rings. The Morgan fingerprint density at radius 1 is 1.38 bits per heavy atom. The third-order valence-corrected chi connectivity index (χ3v) is 2.61. The molecule has 0 bridgehead atoms. The van der Waals surface area contributed by atoms with E-state index in [0.29, 0.717) is 12.6 Å². The van der Waals surface area contributed by atoms with Gasteiger partial charge in [-0.3, -0.25) is 4.90 Å². The Morgan fingerprint density at radius 3 is 3.06 bits per heavy atom. The first-order chi connectivity index (χ1) is 7.74. The van der Waals surface area contributed by atoms with Gasteiger partial charge in [0.05, 0.1) is 6.54 Å². The summed E-state index contributed by atoms with van der Waals surface area (Å²) in [6.07, 6.45) is 3.23. The number of benzene rings is 1. The minimum absolute atomic E-state index is 0.263. The molecule has 1 aromatic carbocycles. The average molecular weight is 222 g/mol. The van der Waals surface area contributed by atoms with Crippen LogP contribution >= 0.6 is 0 Å². The highest BCUT2D eigenvalue weighted by Crippen LogP contribution is 2.29. The van der Waals surface area contributed by atoms with Crippen molar-refractivity contribution in [2.75, 3.05) is 6.54 Å². The van der Waals surface area contributed by atoms with E-state index in [1.165, 1.54) is 12.3 Å². The number of fused-ring (bicyclic) bond motifs is 1. The summed E-state index contributed by atoms with van der Waals surface area (Å²) in [6, 6.07) is 3.42. The van der Waals surface area contributed by atoms with Crippen molar-refractivity contribution in [3.05, 3.63) is 47.9 Å². The topological polar surface area (TPSA) is 24.8 Å². The van der Waals surface area contributed by atoms with Crippen molar-refractivity contribution in [2.45, 2.75) is 6.04 Å². The van der Waals surface area contributed by atoms with E-state index in [9.17, 15) is 8.78 Å². The highest BCUT2D eigenvalue weighted by atomic mass is 19.1. The van der Waals surface area contributed by atoms with Gasteiger partial charge in [0.25, 0.3) is 6.02 Å². The summed E-state index contributed by atoms with van der Waals surface area (Å²) in [6.45, 7) is 0.478. The lowest BCUT2D eigenvalue weighted by Gasteiger charge is -2.10. The summed E-state index contributed by atoms with van der Waals surface area (Å²) in [5, 5.41) is 0. The Hall–Kier alpha value is -1.91. The molecule has 0 spiro atoms. The molecule has 16 heavy (non-hydrogen) atoms. The second kappa shape index (κ2) is 3.30. The van der Waals surface area contributed by atoms with Gasteiger partial charge < -0.3 is 4.74 Å². The fraction of sp³-hybridized carbons (Fsp3) is 0.182. The largest absolute Gasteiger partial charge is 0.432 e. The number of nitrogens with zero attached hydrogens (tertiary/aromatic N) is 2. The molecule has 2 heterocycles. The number of amidine groups is 1. The van der Waals surface area contributed by atoms with Gasteiger partial charge in [0.1, 0.15) is 23.9 Å². The van der Waals surface area contributed by atoms with Gasteiger partial charge in [-0.15, -0.1) is 0 Å². The summed E-state index contributed by atoms with van der Waals surface area (Å²) in [5.74, 6) is -0.902. The van der Waals surface area contributed by atoms with E-state index in [1.807, 2.05) is 0 Å². The summed E-state index contributed by atoms with van der Waals surface area (Å²) in [4.78, 5) is 5.93. The number of rotatable bonds is 1. The van der Waals surface area contributed by atoms with E-state index in [4.69, 9.17) is 4.74 Å². The van der Waals surface area contributed by atoms with Crippen LogP contribution in [0.2, 0.25) is 0 Å². The van der Waals surface area contributed by atoms with E-state index in [2.05, 4.69) is 4.99 Å². The number of aliphatic imine (C=N–C) groups is 1. The first-order valence-corrected chi connectivity index (χ1v) is 4.87. The Balaban J connectivity index is 1.95. The number of hydrogen-bond acceptors (Lipinski definition) is 3. The van der Waals surface area contributed by atoms with Gasteiger partial charge in [0.2, 0.25) is 0 Å². The lowest BCUT2D eigenvalue weighted by molar-refractivity contribution is 0.442. The summed E-state index contributed by atoms with van der Waals surface area (Å²) >= 11 is 0. The molecular formula is C11H8F2N2O. The van der Waals surface area contributed by atoms with Gasteiger partial charge in [-0.05, 0) is 18.2 Å². The van der Waals surface area contributed by atoms with Crippen molar-refractivity contribution in [1.29, 1.82) is 0 Å². The van der Waals surface area contributed by atoms with Crippen LogP contribution in [0, 0.1) is 11.6 Å². The zero-order chi connectivity index (χ0) is 11.1. The first kappa shape index (κ1) is 9.33. The molecule has 82 valence electrons. The van der Waals surface area contributed by atoms with Crippen molar-refractivity contribution in [3.63, 3.8) is 0 Å². The van der Waals surface area contributed by atoms with Gasteiger partial charge in [0, 0.05) is 11.8 Å². The predicted octanol–water partition coefficient (Wildman–Crippen LogP) is 2.18. The quantitative estimate of drug-likeness (QED) is 0.727. The fourth-order valence-corrected chi connectivity index (χ4v) is 1.84. The number of ether oxygens (including phenoxy) is 1. The molecule has 5 heteroatoms. The molecule has 0 saturated heterocycles.